The first-order chi connectivity index (χ1) is 16.2. The topological polar surface area (TPSA) is 50.6 Å². The first kappa shape index (κ1) is 22.6. The molecule has 0 radical (unpaired) electrons. The van der Waals surface area contributed by atoms with Gasteiger partial charge in [0.05, 0.1) is 18.8 Å². The average Bonchev–Trinajstić information content (AvgIpc) is 3.23. The number of ether oxygens (including phenoxy) is 1. The summed E-state index contributed by atoms with van der Waals surface area (Å²) in [5.41, 5.74) is 2.55. The molecule has 2 aromatic heterocycles. The molecule has 5 rings (SSSR count). The van der Waals surface area contributed by atoms with Crippen LogP contribution in [0.3, 0.4) is 0 Å². The molecule has 6 nitrogen and oxygen atoms in total. The molecule has 0 unspecified atom stereocenters. The molecule has 2 aliphatic rings. The lowest BCUT2D eigenvalue weighted by molar-refractivity contribution is 0.0902. The Balaban J connectivity index is 1.30. The highest BCUT2D eigenvalue weighted by molar-refractivity contribution is 7.18. The van der Waals surface area contributed by atoms with E-state index in [4.69, 9.17) is 9.72 Å². The van der Waals surface area contributed by atoms with E-state index >= 15 is 0 Å². The molecule has 33 heavy (non-hydrogen) atoms. The summed E-state index contributed by atoms with van der Waals surface area (Å²) in [7, 11) is 1.68. The van der Waals surface area contributed by atoms with Gasteiger partial charge in [0.25, 0.3) is 5.56 Å². The maximum absolute atomic E-state index is 13.4. The van der Waals surface area contributed by atoms with E-state index in [1.165, 1.54) is 49.6 Å². The summed E-state index contributed by atoms with van der Waals surface area (Å²) in [4.78, 5) is 25.6. The molecule has 0 saturated carbocycles. The Morgan fingerprint density at radius 2 is 2.03 bits per heavy atom. The van der Waals surface area contributed by atoms with Gasteiger partial charge in [-0.25, -0.2) is 4.98 Å². The van der Waals surface area contributed by atoms with Crippen LogP contribution in [0.5, 0.6) is 5.75 Å². The molecule has 7 heteroatoms. The quantitative estimate of drug-likeness (QED) is 0.533. The zero-order valence-corrected chi connectivity index (χ0v) is 20.6. The van der Waals surface area contributed by atoms with Gasteiger partial charge >= 0.3 is 0 Å². The van der Waals surface area contributed by atoms with Crippen molar-refractivity contribution in [3.8, 4) is 5.75 Å². The second-order valence-corrected chi connectivity index (χ2v) is 10.4. The number of piperazine rings is 1. The molecule has 1 aromatic carbocycles. The smallest absolute Gasteiger partial charge is 0.262 e. The predicted octanol–water partition coefficient (Wildman–Crippen LogP) is 3.59. The minimum Gasteiger partial charge on any atom is -0.497 e. The van der Waals surface area contributed by atoms with E-state index < -0.39 is 0 Å². The number of fused-ring (bicyclic) bond motifs is 3. The lowest BCUT2D eigenvalue weighted by atomic mass is 9.91. The summed E-state index contributed by atoms with van der Waals surface area (Å²) in [6, 6.07) is 8.65. The van der Waals surface area contributed by atoms with Crippen molar-refractivity contribution in [1.29, 1.82) is 0 Å². The maximum atomic E-state index is 13.4. The number of aromatic nitrogens is 2. The summed E-state index contributed by atoms with van der Waals surface area (Å²) < 4.78 is 7.11. The van der Waals surface area contributed by atoms with Gasteiger partial charge in [0.15, 0.2) is 0 Å². The SMILES string of the molecule is CCCN1CCN([C@H]2CCc3c(sc4ncn(CCc5cccc(OC)c5)c(=O)c34)C2)CC1. The van der Waals surface area contributed by atoms with Crippen LogP contribution in [0.25, 0.3) is 10.2 Å². The van der Waals surface area contributed by atoms with E-state index in [0.29, 0.717) is 12.6 Å². The summed E-state index contributed by atoms with van der Waals surface area (Å²) >= 11 is 1.74. The molecule has 176 valence electrons. The van der Waals surface area contributed by atoms with Gasteiger partial charge in [0.1, 0.15) is 10.6 Å². The highest BCUT2D eigenvalue weighted by Gasteiger charge is 2.30. The normalized spacial score (nSPS) is 19.6. The molecule has 0 N–H and O–H groups in total. The average molecular weight is 467 g/mol. The number of hydrogen-bond acceptors (Lipinski definition) is 6. The Kier molecular flexibility index (Phi) is 6.81. The largest absolute Gasteiger partial charge is 0.497 e. The molecule has 3 heterocycles. The summed E-state index contributed by atoms with van der Waals surface area (Å²) in [6.07, 6.45) is 6.95. The second kappa shape index (κ2) is 9.95. The van der Waals surface area contributed by atoms with Crippen molar-refractivity contribution in [2.24, 2.45) is 0 Å². The van der Waals surface area contributed by atoms with Gasteiger partial charge in [0.2, 0.25) is 0 Å². The van der Waals surface area contributed by atoms with Crippen molar-refractivity contribution in [2.75, 3.05) is 39.8 Å². The highest BCUT2D eigenvalue weighted by Crippen LogP contribution is 2.35. The fourth-order valence-corrected chi connectivity index (χ4v) is 6.65. The van der Waals surface area contributed by atoms with Crippen molar-refractivity contribution >= 4 is 21.6 Å². The standard InChI is InChI=1S/C26H34N4O2S/c1-3-10-28-12-14-29(15-13-28)20-7-8-22-23(17-20)33-25-24(22)26(31)30(18-27-25)11-9-19-5-4-6-21(16-19)32-2/h4-6,16,18,20H,3,7-15,17H2,1-2H3/t20-/m0/s1. The molecule has 0 spiro atoms. The van der Waals surface area contributed by atoms with Crippen molar-refractivity contribution in [3.05, 3.63) is 57.0 Å². The van der Waals surface area contributed by atoms with E-state index in [2.05, 4.69) is 22.8 Å². The second-order valence-electron chi connectivity index (χ2n) is 9.30. The number of methoxy groups -OCH3 is 1. The minimum atomic E-state index is 0.118. The summed E-state index contributed by atoms with van der Waals surface area (Å²) in [6.45, 7) is 8.81. The van der Waals surface area contributed by atoms with E-state index in [1.807, 2.05) is 18.2 Å². The fraction of sp³-hybridized carbons (Fsp3) is 0.538. The van der Waals surface area contributed by atoms with Crippen LogP contribution in [-0.4, -0.2) is 65.2 Å². The number of aryl methyl sites for hydroxylation is 3. The van der Waals surface area contributed by atoms with Crippen molar-refractivity contribution in [3.63, 3.8) is 0 Å². The van der Waals surface area contributed by atoms with Gasteiger partial charge in [-0.1, -0.05) is 19.1 Å². The first-order valence-corrected chi connectivity index (χ1v) is 13.1. The molecule has 0 bridgehead atoms. The van der Waals surface area contributed by atoms with Gasteiger partial charge in [-0.05, 0) is 61.9 Å². The third-order valence-corrected chi connectivity index (χ3v) is 8.41. The molecule has 1 saturated heterocycles. The molecule has 1 fully saturated rings. The number of nitrogens with zero attached hydrogens (tertiary/aromatic N) is 4. The Labute approximate surface area is 199 Å². The van der Waals surface area contributed by atoms with Gasteiger partial charge in [0, 0.05) is 43.6 Å². The van der Waals surface area contributed by atoms with Gasteiger partial charge < -0.3 is 9.64 Å². The molecule has 0 amide bonds. The molecule has 1 aliphatic heterocycles. The lowest BCUT2D eigenvalue weighted by Gasteiger charge is -2.40. The van der Waals surface area contributed by atoms with Crippen LogP contribution in [-0.2, 0) is 25.8 Å². The third-order valence-electron chi connectivity index (χ3n) is 7.25. The number of benzene rings is 1. The molecule has 1 atom stereocenters. The predicted molar refractivity (Wildman–Crippen MR) is 135 cm³/mol. The Hall–Kier alpha value is -2.22. The zero-order valence-electron chi connectivity index (χ0n) is 19.8. The maximum Gasteiger partial charge on any atom is 0.262 e. The van der Waals surface area contributed by atoms with Gasteiger partial charge in [-0.3, -0.25) is 14.3 Å². The number of thiophene rings is 1. The van der Waals surface area contributed by atoms with Gasteiger partial charge in [-0.15, -0.1) is 11.3 Å². The zero-order chi connectivity index (χ0) is 22.8. The van der Waals surface area contributed by atoms with Crippen molar-refractivity contribution in [1.82, 2.24) is 19.4 Å². The van der Waals surface area contributed by atoms with Gasteiger partial charge in [-0.2, -0.15) is 0 Å². The Morgan fingerprint density at radius 3 is 2.82 bits per heavy atom. The Bertz CT molecular complexity index is 1160. The molecular weight excluding hydrogens is 432 g/mol. The lowest BCUT2D eigenvalue weighted by Crippen LogP contribution is -2.51. The molecule has 1 aliphatic carbocycles. The van der Waals surface area contributed by atoms with E-state index in [9.17, 15) is 4.79 Å². The van der Waals surface area contributed by atoms with Crippen LogP contribution in [0.1, 0.15) is 35.8 Å². The number of rotatable bonds is 7. The van der Waals surface area contributed by atoms with Crippen LogP contribution < -0.4 is 10.3 Å². The Morgan fingerprint density at radius 1 is 1.18 bits per heavy atom. The summed E-state index contributed by atoms with van der Waals surface area (Å²) in [5.74, 6) is 0.849. The number of hydrogen-bond donors (Lipinski definition) is 0. The van der Waals surface area contributed by atoms with E-state index in [0.717, 1.165) is 47.2 Å². The third kappa shape index (κ3) is 4.72. The van der Waals surface area contributed by atoms with Crippen LogP contribution in [0.4, 0.5) is 0 Å². The van der Waals surface area contributed by atoms with Crippen LogP contribution in [0, 0.1) is 0 Å². The van der Waals surface area contributed by atoms with Crippen LogP contribution in [0.2, 0.25) is 0 Å². The molecule has 3 aromatic rings. The van der Waals surface area contributed by atoms with Crippen LogP contribution in [0.15, 0.2) is 35.4 Å². The van der Waals surface area contributed by atoms with Crippen LogP contribution >= 0.6 is 11.3 Å². The summed E-state index contributed by atoms with van der Waals surface area (Å²) in [5, 5.41) is 0.870. The fourth-order valence-electron chi connectivity index (χ4n) is 5.40. The monoisotopic (exact) mass is 466 g/mol. The van der Waals surface area contributed by atoms with Crippen molar-refractivity contribution in [2.45, 2.75) is 51.6 Å². The van der Waals surface area contributed by atoms with E-state index in [1.54, 1.807) is 29.3 Å². The molecular formula is C26H34N4O2S. The van der Waals surface area contributed by atoms with Crippen molar-refractivity contribution < 1.29 is 4.74 Å². The van der Waals surface area contributed by atoms with E-state index in [-0.39, 0.29) is 5.56 Å². The highest BCUT2D eigenvalue weighted by atomic mass is 32.1. The first-order valence-electron chi connectivity index (χ1n) is 12.2. The minimum absolute atomic E-state index is 0.118.